The number of hydrogen-bond acceptors (Lipinski definition) is 4. The standard InChI is InChI=1S/C12H21N3O2/c1-8(2)15(5)12(16)7-13-6-11-9(3)14-17-10(11)4/h8,13H,6-7H2,1-5H3. The Labute approximate surface area is 102 Å². The van der Waals surface area contributed by atoms with Gasteiger partial charge >= 0.3 is 0 Å². The van der Waals surface area contributed by atoms with Gasteiger partial charge in [0.05, 0.1) is 12.2 Å². The molecular weight excluding hydrogens is 218 g/mol. The summed E-state index contributed by atoms with van der Waals surface area (Å²) in [7, 11) is 1.81. The molecule has 0 aromatic carbocycles. The Kier molecular flexibility index (Phi) is 4.69. The van der Waals surface area contributed by atoms with E-state index in [4.69, 9.17) is 4.52 Å². The van der Waals surface area contributed by atoms with E-state index in [9.17, 15) is 4.79 Å². The van der Waals surface area contributed by atoms with Crippen molar-refractivity contribution in [2.45, 2.75) is 40.3 Å². The van der Waals surface area contributed by atoms with Gasteiger partial charge in [-0.1, -0.05) is 5.16 Å². The molecular formula is C12H21N3O2. The molecule has 1 aromatic rings. The zero-order valence-electron chi connectivity index (χ0n) is 11.2. The van der Waals surface area contributed by atoms with Crippen LogP contribution in [-0.2, 0) is 11.3 Å². The molecule has 1 N–H and O–H groups in total. The molecule has 0 aliphatic rings. The second-order valence-electron chi connectivity index (χ2n) is 4.50. The van der Waals surface area contributed by atoms with Crippen LogP contribution in [0.15, 0.2) is 4.52 Å². The van der Waals surface area contributed by atoms with Gasteiger partial charge in [-0.2, -0.15) is 0 Å². The summed E-state index contributed by atoms with van der Waals surface area (Å²) >= 11 is 0. The Hall–Kier alpha value is -1.36. The number of nitrogens with one attached hydrogen (secondary N) is 1. The van der Waals surface area contributed by atoms with Crippen molar-refractivity contribution in [3.05, 3.63) is 17.0 Å². The summed E-state index contributed by atoms with van der Waals surface area (Å²) in [4.78, 5) is 13.4. The first kappa shape index (κ1) is 13.7. The molecule has 1 amide bonds. The highest BCUT2D eigenvalue weighted by molar-refractivity contribution is 5.78. The first-order chi connectivity index (χ1) is 7.93. The molecule has 0 aliphatic carbocycles. The van der Waals surface area contributed by atoms with Crippen LogP contribution >= 0.6 is 0 Å². The van der Waals surface area contributed by atoms with E-state index in [2.05, 4.69) is 10.5 Å². The van der Waals surface area contributed by atoms with Gasteiger partial charge in [-0.25, -0.2) is 0 Å². The molecule has 0 bridgehead atoms. The minimum absolute atomic E-state index is 0.0896. The lowest BCUT2D eigenvalue weighted by atomic mass is 10.2. The molecule has 0 radical (unpaired) electrons. The molecule has 1 heterocycles. The number of likely N-dealkylation sites (N-methyl/N-ethyl adjacent to an activating group) is 1. The third-order valence-electron chi connectivity index (χ3n) is 2.93. The fourth-order valence-corrected chi connectivity index (χ4v) is 1.46. The van der Waals surface area contributed by atoms with Crippen LogP contribution in [0.2, 0.25) is 0 Å². The topological polar surface area (TPSA) is 58.4 Å². The van der Waals surface area contributed by atoms with Gasteiger partial charge in [-0.3, -0.25) is 4.79 Å². The molecule has 5 heteroatoms. The second kappa shape index (κ2) is 5.82. The zero-order valence-corrected chi connectivity index (χ0v) is 11.2. The maximum atomic E-state index is 11.7. The van der Waals surface area contributed by atoms with Crippen molar-refractivity contribution >= 4 is 5.91 Å². The second-order valence-corrected chi connectivity index (χ2v) is 4.50. The van der Waals surface area contributed by atoms with Crippen LogP contribution in [-0.4, -0.2) is 35.6 Å². The molecule has 17 heavy (non-hydrogen) atoms. The number of hydrogen-bond donors (Lipinski definition) is 1. The molecule has 0 fully saturated rings. The van der Waals surface area contributed by atoms with Crippen molar-refractivity contribution in [1.29, 1.82) is 0 Å². The predicted octanol–water partition coefficient (Wildman–Crippen LogP) is 1.25. The normalized spacial score (nSPS) is 10.9. The molecule has 1 rings (SSSR count). The van der Waals surface area contributed by atoms with Crippen molar-refractivity contribution in [2.24, 2.45) is 0 Å². The van der Waals surface area contributed by atoms with Gasteiger partial charge in [0.1, 0.15) is 5.76 Å². The fraction of sp³-hybridized carbons (Fsp3) is 0.667. The minimum atomic E-state index is 0.0896. The van der Waals surface area contributed by atoms with Crippen LogP contribution in [0.3, 0.4) is 0 Å². The first-order valence-electron chi connectivity index (χ1n) is 5.81. The summed E-state index contributed by atoms with van der Waals surface area (Å²) in [5, 5.41) is 6.98. The molecule has 0 atom stereocenters. The maximum Gasteiger partial charge on any atom is 0.236 e. The van der Waals surface area contributed by atoms with Crippen molar-refractivity contribution in [2.75, 3.05) is 13.6 Å². The Balaban J connectivity index is 2.41. The number of amides is 1. The summed E-state index contributed by atoms with van der Waals surface area (Å²) in [5.74, 6) is 0.895. The van der Waals surface area contributed by atoms with E-state index in [1.54, 1.807) is 4.90 Å². The summed E-state index contributed by atoms with van der Waals surface area (Å²) in [5.41, 5.74) is 1.91. The number of rotatable bonds is 5. The summed E-state index contributed by atoms with van der Waals surface area (Å²) in [6, 6.07) is 0.225. The first-order valence-corrected chi connectivity index (χ1v) is 5.81. The van der Waals surface area contributed by atoms with Gasteiger partial charge in [0, 0.05) is 25.2 Å². The van der Waals surface area contributed by atoms with E-state index in [0.29, 0.717) is 13.1 Å². The van der Waals surface area contributed by atoms with Crippen molar-refractivity contribution < 1.29 is 9.32 Å². The zero-order chi connectivity index (χ0) is 13.0. The summed E-state index contributed by atoms with van der Waals surface area (Å²) < 4.78 is 5.05. The Bertz CT molecular complexity index is 366. The van der Waals surface area contributed by atoms with E-state index >= 15 is 0 Å². The monoisotopic (exact) mass is 239 g/mol. The average Bonchev–Trinajstić information content (AvgIpc) is 2.59. The number of aromatic nitrogens is 1. The summed E-state index contributed by atoms with van der Waals surface area (Å²) in [6.07, 6.45) is 0. The van der Waals surface area contributed by atoms with Gasteiger partial charge in [0.15, 0.2) is 0 Å². The molecule has 0 saturated carbocycles. The lowest BCUT2D eigenvalue weighted by Gasteiger charge is -2.21. The number of nitrogens with zero attached hydrogens (tertiary/aromatic N) is 2. The van der Waals surface area contributed by atoms with Gasteiger partial charge in [0.25, 0.3) is 0 Å². The van der Waals surface area contributed by atoms with Crippen LogP contribution < -0.4 is 5.32 Å². The molecule has 1 aromatic heterocycles. The number of aryl methyl sites for hydroxylation is 2. The van der Waals surface area contributed by atoms with E-state index in [0.717, 1.165) is 17.0 Å². The van der Waals surface area contributed by atoms with Gasteiger partial charge in [-0.15, -0.1) is 0 Å². The smallest absolute Gasteiger partial charge is 0.236 e. The molecule has 0 spiro atoms. The third kappa shape index (κ3) is 3.56. The maximum absolute atomic E-state index is 11.7. The van der Waals surface area contributed by atoms with Crippen molar-refractivity contribution in [3.8, 4) is 0 Å². The Morgan fingerprint density at radius 3 is 2.59 bits per heavy atom. The summed E-state index contributed by atoms with van der Waals surface area (Å²) in [6.45, 7) is 8.70. The number of carbonyl (C=O) groups is 1. The van der Waals surface area contributed by atoms with Gasteiger partial charge in [-0.05, 0) is 27.7 Å². The van der Waals surface area contributed by atoms with Crippen LogP contribution in [0.1, 0.15) is 30.9 Å². The van der Waals surface area contributed by atoms with E-state index < -0.39 is 0 Å². The predicted molar refractivity (Wildman–Crippen MR) is 65.6 cm³/mol. The van der Waals surface area contributed by atoms with E-state index in [1.165, 1.54) is 0 Å². The van der Waals surface area contributed by atoms with Crippen LogP contribution in [0.25, 0.3) is 0 Å². The van der Waals surface area contributed by atoms with E-state index in [1.807, 2.05) is 34.7 Å². The quantitative estimate of drug-likeness (QED) is 0.840. The molecule has 5 nitrogen and oxygen atoms in total. The average molecular weight is 239 g/mol. The molecule has 0 saturated heterocycles. The van der Waals surface area contributed by atoms with Crippen LogP contribution in [0.5, 0.6) is 0 Å². The largest absolute Gasteiger partial charge is 0.361 e. The lowest BCUT2D eigenvalue weighted by Crippen LogP contribution is -2.39. The van der Waals surface area contributed by atoms with Crippen LogP contribution in [0, 0.1) is 13.8 Å². The minimum Gasteiger partial charge on any atom is -0.361 e. The lowest BCUT2D eigenvalue weighted by molar-refractivity contribution is -0.130. The highest BCUT2D eigenvalue weighted by atomic mass is 16.5. The van der Waals surface area contributed by atoms with E-state index in [-0.39, 0.29) is 11.9 Å². The van der Waals surface area contributed by atoms with Gasteiger partial charge < -0.3 is 14.7 Å². The highest BCUT2D eigenvalue weighted by Crippen LogP contribution is 2.11. The number of carbonyl (C=O) groups excluding carboxylic acids is 1. The SMILES string of the molecule is Cc1noc(C)c1CNCC(=O)N(C)C(C)C. The van der Waals surface area contributed by atoms with Crippen LogP contribution in [0.4, 0.5) is 0 Å². The molecule has 0 aliphatic heterocycles. The fourth-order valence-electron chi connectivity index (χ4n) is 1.46. The highest BCUT2D eigenvalue weighted by Gasteiger charge is 2.12. The third-order valence-corrected chi connectivity index (χ3v) is 2.93. The van der Waals surface area contributed by atoms with Crippen molar-refractivity contribution in [3.63, 3.8) is 0 Å². The molecule has 96 valence electrons. The van der Waals surface area contributed by atoms with Gasteiger partial charge in [0.2, 0.25) is 5.91 Å². The Morgan fingerprint density at radius 1 is 1.47 bits per heavy atom. The van der Waals surface area contributed by atoms with Crippen molar-refractivity contribution in [1.82, 2.24) is 15.4 Å². The molecule has 0 unspecified atom stereocenters. The Morgan fingerprint density at radius 2 is 2.12 bits per heavy atom.